The van der Waals surface area contributed by atoms with Crippen molar-refractivity contribution in [2.24, 2.45) is 0 Å². The van der Waals surface area contributed by atoms with Gasteiger partial charge in [0.15, 0.2) is 0 Å². The highest BCUT2D eigenvalue weighted by Gasteiger charge is 2.18. The molecule has 0 aliphatic carbocycles. The molecule has 1 unspecified atom stereocenters. The molecule has 1 aliphatic heterocycles. The lowest BCUT2D eigenvalue weighted by atomic mass is 10.2. The fourth-order valence-electron chi connectivity index (χ4n) is 2.04. The van der Waals surface area contributed by atoms with Crippen LogP contribution >= 0.6 is 15.9 Å². The monoisotopic (exact) mass is 284 g/mol. The maximum Gasteiger partial charge on any atom is 0.0750 e. The molecule has 1 aromatic carbocycles. The van der Waals surface area contributed by atoms with Crippen LogP contribution in [0, 0.1) is 0 Å². The van der Waals surface area contributed by atoms with E-state index in [1.54, 1.807) is 0 Å². The van der Waals surface area contributed by atoms with E-state index in [-0.39, 0.29) is 0 Å². The molecular formula is C12H17BrN2O. The first-order valence-electron chi connectivity index (χ1n) is 5.54. The van der Waals surface area contributed by atoms with Gasteiger partial charge in [-0.25, -0.2) is 0 Å². The van der Waals surface area contributed by atoms with Crippen molar-refractivity contribution < 1.29 is 4.74 Å². The Hall–Kier alpha value is -0.740. The summed E-state index contributed by atoms with van der Waals surface area (Å²) < 4.78 is 6.67. The second-order valence-electron chi connectivity index (χ2n) is 4.22. The fraction of sp³-hybridized carbons (Fsp3) is 0.500. The Kier molecular flexibility index (Phi) is 3.71. The molecule has 1 heterocycles. The number of hydrogen-bond acceptors (Lipinski definition) is 3. The van der Waals surface area contributed by atoms with Gasteiger partial charge in [0, 0.05) is 24.7 Å². The number of nitrogens with zero attached hydrogens (tertiary/aromatic N) is 1. The summed E-state index contributed by atoms with van der Waals surface area (Å²) in [7, 11) is 2.06. The molecular weight excluding hydrogens is 268 g/mol. The lowest BCUT2D eigenvalue weighted by Crippen LogP contribution is -2.29. The Balaban J connectivity index is 2.07. The van der Waals surface area contributed by atoms with E-state index in [1.807, 2.05) is 18.2 Å². The zero-order valence-corrected chi connectivity index (χ0v) is 11.0. The van der Waals surface area contributed by atoms with E-state index in [2.05, 4.69) is 27.9 Å². The minimum absolute atomic E-state index is 0.350. The van der Waals surface area contributed by atoms with E-state index >= 15 is 0 Å². The molecule has 0 bridgehead atoms. The number of hydrogen-bond donors (Lipinski definition) is 1. The van der Waals surface area contributed by atoms with Gasteiger partial charge in [0.25, 0.3) is 0 Å². The number of ether oxygens (including phenoxy) is 1. The van der Waals surface area contributed by atoms with Crippen LogP contribution in [-0.2, 0) is 4.74 Å². The molecule has 3 nitrogen and oxygen atoms in total. The SMILES string of the molecule is CN(CC1CCCO1)c1cc(Br)ccc1N. The van der Waals surface area contributed by atoms with Crippen LogP contribution in [0.1, 0.15) is 12.8 Å². The van der Waals surface area contributed by atoms with Crippen LogP contribution in [0.5, 0.6) is 0 Å². The largest absolute Gasteiger partial charge is 0.397 e. The smallest absolute Gasteiger partial charge is 0.0750 e. The molecule has 0 radical (unpaired) electrons. The van der Waals surface area contributed by atoms with Crippen LogP contribution < -0.4 is 10.6 Å². The lowest BCUT2D eigenvalue weighted by molar-refractivity contribution is 0.116. The Morgan fingerprint density at radius 3 is 3.06 bits per heavy atom. The summed E-state index contributed by atoms with van der Waals surface area (Å²) >= 11 is 3.46. The van der Waals surface area contributed by atoms with E-state index in [0.29, 0.717) is 6.10 Å². The summed E-state index contributed by atoms with van der Waals surface area (Å²) in [4.78, 5) is 2.16. The summed E-state index contributed by atoms with van der Waals surface area (Å²) in [5.41, 5.74) is 7.83. The number of rotatable bonds is 3. The third-order valence-electron chi connectivity index (χ3n) is 2.91. The van der Waals surface area contributed by atoms with Crippen LogP contribution in [0.2, 0.25) is 0 Å². The first kappa shape index (κ1) is 11.7. The Labute approximate surface area is 105 Å². The van der Waals surface area contributed by atoms with Gasteiger partial charge in [-0.05, 0) is 31.0 Å². The number of benzene rings is 1. The molecule has 1 aliphatic rings. The van der Waals surface area contributed by atoms with Gasteiger partial charge < -0.3 is 15.4 Å². The highest BCUT2D eigenvalue weighted by molar-refractivity contribution is 9.10. The Morgan fingerprint density at radius 1 is 1.56 bits per heavy atom. The fourth-order valence-corrected chi connectivity index (χ4v) is 2.39. The van der Waals surface area contributed by atoms with Gasteiger partial charge in [0.2, 0.25) is 0 Å². The summed E-state index contributed by atoms with van der Waals surface area (Å²) in [5, 5.41) is 0. The van der Waals surface area contributed by atoms with E-state index in [1.165, 1.54) is 6.42 Å². The quantitative estimate of drug-likeness (QED) is 0.868. The third-order valence-corrected chi connectivity index (χ3v) is 3.40. The van der Waals surface area contributed by atoms with Crippen molar-refractivity contribution in [3.63, 3.8) is 0 Å². The average molecular weight is 285 g/mol. The number of nitrogens with two attached hydrogens (primary N) is 1. The molecule has 1 atom stereocenters. The molecule has 1 aromatic rings. The van der Waals surface area contributed by atoms with E-state index < -0.39 is 0 Å². The normalized spacial score (nSPS) is 20.0. The molecule has 0 spiro atoms. The second kappa shape index (κ2) is 5.06. The number of halogens is 1. The minimum atomic E-state index is 0.350. The standard InChI is InChI=1S/C12H17BrN2O/c1-15(8-10-3-2-6-16-10)12-7-9(13)4-5-11(12)14/h4-5,7,10H,2-3,6,8,14H2,1H3. The average Bonchev–Trinajstić information content (AvgIpc) is 2.74. The topological polar surface area (TPSA) is 38.5 Å². The van der Waals surface area contributed by atoms with E-state index in [4.69, 9.17) is 10.5 Å². The zero-order valence-electron chi connectivity index (χ0n) is 9.45. The van der Waals surface area contributed by atoms with Crippen molar-refractivity contribution in [2.75, 3.05) is 30.8 Å². The summed E-state index contributed by atoms with van der Waals surface area (Å²) in [6.45, 7) is 1.80. The number of nitrogen functional groups attached to an aromatic ring is 1. The number of likely N-dealkylation sites (N-methyl/N-ethyl adjacent to an activating group) is 1. The van der Waals surface area contributed by atoms with Crippen LogP contribution in [0.15, 0.2) is 22.7 Å². The zero-order chi connectivity index (χ0) is 11.5. The van der Waals surface area contributed by atoms with Gasteiger partial charge in [-0.1, -0.05) is 15.9 Å². The van der Waals surface area contributed by atoms with Crippen molar-refractivity contribution >= 4 is 27.3 Å². The van der Waals surface area contributed by atoms with Gasteiger partial charge in [-0.3, -0.25) is 0 Å². The first-order chi connectivity index (χ1) is 7.66. The summed E-state index contributed by atoms with van der Waals surface area (Å²) in [6.07, 6.45) is 2.67. The molecule has 4 heteroatoms. The third kappa shape index (κ3) is 2.68. The van der Waals surface area contributed by atoms with Crippen molar-refractivity contribution in [1.82, 2.24) is 0 Å². The lowest BCUT2D eigenvalue weighted by Gasteiger charge is -2.24. The molecule has 2 N–H and O–H groups in total. The Bertz CT molecular complexity index is 364. The van der Waals surface area contributed by atoms with Crippen molar-refractivity contribution in [3.05, 3.63) is 22.7 Å². The maximum absolute atomic E-state index is 5.96. The van der Waals surface area contributed by atoms with Gasteiger partial charge in [-0.15, -0.1) is 0 Å². The van der Waals surface area contributed by atoms with Gasteiger partial charge in [0.05, 0.1) is 17.5 Å². The van der Waals surface area contributed by atoms with E-state index in [0.717, 1.165) is 35.4 Å². The van der Waals surface area contributed by atoms with Crippen LogP contribution in [-0.4, -0.2) is 26.3 Å². The van der Waals surface area contributed by atoms with Crippen LogP contribution in [0.3, 0.4) is 0 Å². The highest BCUT2D eigenvalue weighted by Crippen LogP contribution is 2.27. The highest BCUT2D eigenvalue weighted by atomic mass is 79.9. The molecule has 88 valence electrons. The van der Waals surface area contributed by atoms with Crippen molar-refractivity contribution in [1.29, 1.82) is 0 Å². The maximum atomic E-state index is 5.96. The predicted octanol–water partition coefficient (Wildman–Crippen LogP) is 2.65. The summed E-state index contributed by atoms with van der Waals surface area (Å²) in [5.74, 6) is 0. The minimum Gasteiger partial charge on any atom is -0.397 e. The number of anilines is 2. The van der Waals surface area contributed by atoms with Crippen molar-refractivity contribution in [2.45, 2.75) is 18.9 Å². The van der Waals surface area contributed by atoms with Crippen molar-refractivity contribution in [3.8, 4) is 0 Å². The molecule has 2 rings (SSSR count). The van der Waals surface area contributed by atoms with Crippen LogP contribution in [0.25, 0.3) is 0 Å². The van der Waals surface area contributed by atoms with E-state index in [9.17, 15) is 0 Å². The molecule has 0 aromatic heterocycles. The predicted molar refractivity (Wildman–Crippen MR) is 70.8 cm³/mol. The van der Waals surface area contributed by atoms with Gasteiger partial charge in [-0.2, -0.15) is 0 Å². The molecule has 0 amide bonds. The molecule has 1 saturated heterocycles. The summed E-state index contributed by atoms with van der Waals surface area (Å²) in [6, 6.07) is 5.93. The Morgan fingerprint density at radius 2 is 2.38 bits per heavy atom. The second-order valence-corrected chi connectivity index (χ2v) is 5.13. The molecule has 1 fully saturated rings. The van der Waals surface area contributed by atoms with Gasteiger partial charge in [0.1, 0.15) is 0 Å². The first-order valence-corrected chi connectivity index (χ1v) is 6.34. The molecule has 16 heavy (non-hydrogen) atoms. The molecule has 0 saturated carbocycles. The van der Waals surface area contributed by atoms with Crippen LogP contribution in [0.4, 0.5) is 11.4 Å². The van der Waals surface area contributed by atoms with Gasteiger partial charge >= 0.3 is 0 Å².